The fourth-order valence-corrected chi connectivity index (χ4v) is 3.71. The van der Waals surface area contributed by atoms with Gasteiger partial charge in [-0.1, -0.05) is 30.3 Å². The van der Waals surface area contributed by atoms with E-state index in [1.54, 1.807) is 34.5 Å². The first-order valence-electron chi connectivity index (χ1n) is 9.84. The SMILES string of the molecule is O=C1CC(C(=O)N(Cc2ccco2)Cc2ccco2)CN1CCc1ccccc1. The summed E-state index contributed by atoms with van der Waals surface area (Å²) in [7, 11) is 0. The molecule has 1 fully saturated rings. The van der Waals surface area contributed by atoms with Gasteiger partial charge in [0.1, 0.15) is 11.5 Å². The number of benzene rings is 1. The Balaban J connectivity index is 1.40. The van der Waals surface area contributed by atoms with Gasteiger partial charge in [0.05, 0.1) is 31.5 Å². The third-order valence-corrected chi connectivity index (χ3v) is 5.24. The van der Waals surface area contributed by atoms with Crippen molar-refractivity contribution >= 4 is 11.8 Å². The molecule has 1 aliphatic rings. The number of furan rings is 2. The van der Waals surface area contributed by atoms with Crippen LogP contribution in [0.5, 0.6) is 0 Å². The van der Waals surface area contributed by atoms with E-state index >= 15 is 0 Å². The molecule has 0 bridgehead atoms. The Morgan fingerprint density at radius 3 is 2.21 bits per heavy atom. The van der Waals surface area contributed by atoms with Gasteiger partial charge < -0.3 is 18.6 Å². The Hall–Kier alpha value is -3.28. The summed E-state index contributed by atoms with van der Waals surface area (Å²) in [4.78, 5) is 29.2. The van der Waals surface area contributed by atoms with Crippen LogP contribution in [0.2, 0.25) is 0 Å². The molecular weight excluding hydrogens is 368 g/mol. The molecule has 1 aliphatic heterocycles. The summed E-state index contributed by atoms with van der Waals surface area (Å²) < 4.78 is 10.8. The van der Waals surface area contributed by atoms with Crippen LogP contribution in [0.25, 0.3) is 0 Å². The maximum atomic E-state index is 13.2. The molecule has 0 radical (unpaired) electrons. The first kappa shape index (κ1) is 19.1. The molecule has 6 nitrogen and oxygen atoms in total. The molecule has 4 rings (SSSR count). The highest BCUT2D eigenvalue weighted by atomic mass is 16.3. The molecule has 6 heteroatoms. The molecule has 1 unspecified atom stereocenters. The van der Waals surface area contributed by atoms with Gasteiger partial charge in [-0.15, -0.1) is 0 Å². The molecule has 0 spiro atoms. The molecule has 1 aromatic carbocycles. The summed E-state index contributed by atoms with van der Waals surface area (Å²) >= 11 is 0. The van der Waals surface area contributed by atoms with Crippen molar-refractivity contribution in [2.24, 2.45) is 5.92 Å². The highest BCUT2D eigenvalue weighted by Gasteiger charge is 2.36. The number of likely N-dealkylation sites (tertiary alicyclic amines) is 1. The molecule has 0 aliphatic carbocycles. The lowest BCUT2D eigenvalue weighted by Gasteiger charge is -2.24. The van der Waals surface area contributed by atoms with Crippen LogP contribution >= 0.6 is 0 Å². The van der Waals surface area contributed by atoms with Crippen LogP contribution in [0.15, 0.2) is 76.0 Å². The maximum absolute atomic E-state index is 13.2. The van der Waals surface area contributed by atoms with Gasteiger partial charge in [0, 0.05) is 19.5 Å². The Bertz CT molecular complexity index is 883. The molecule has 0 N–H and O–H groups in total. The zero-order chi connectivity index (χ0) is 20.1. The summed E-state index contributed by atoms with van der Waals surface area (Å²) in [5.41, 5.74) is 1.19. The first-order chi connectivity index (χ1) is 14.2. The average molecular weight is 392 g/mol. The van der Waals surface area contributed by atoms with Crippen molar-refractivity contribution in [3.63, 3.8) is 0 Å². The molecule has 150 valence electrons. The molecule has 2 amide bonds. The minimum absolute atomic E-state index is 0.0372. The largest absolute Gasteiger partial charge is 0.467 e. The van der Waals surface area contributed by atoms with E-state index in [4.69, 9.17) is 8.83 Å². The average Bonchev–Trinajstić information content (AvgIpc) is 3.49. The van der Waals surface area contributed by atoms with Gasteiger partial charge in [0.25, 0.3) is 0 Å². The van der Waals surface area contributed by atoms with E-state index in [9.17, 15) is 9.59 Å². The van der Waals surface area contributed by atoms with E-state index in [1.807, 2.05) is 30.3 Å². The minimum Gasteiger partial charge on any atom is -0.467 e. The lowest BCUT2D eigenvalue weighted by molar-refractivity contribution is -0.137. The maximum Gasteiger partial charge on any atom is 0.228 e. The van der Waals surface area contributed by atoms with Crippen LogP contribution in [-0.2, 0) is 29.1 Å². The third kappa shape index (κ3) is 4.77. The second kappa shape index (κ2) is 8.82. The van der Waals surface area contributed by atoms with Gasteiger partial charge in [0.2, 0.25) is 11.8 Å². The topological polar surface area (TPSA) is 66.9 Å². The van der Waals surface area contributed by atoms with Gasteiger partial charge in [-0.25, -0.2) is 0 Å². The van der Waals surface area contributed by atoms with Crippen LogP contribution in [0.3, 0.4) is 0 Å². The number of hydrogen-bond donors (Lipinski definition) is 0. The normalized spacial score (nSPS) is 16.3. The summed E-state index contributed by atoms with van der Waals surface area (Å²) in [6, 6.07) is 17.4. The molecule has 3 aromatic rings. The third-order valence-electron chi connectivity index (χ3n) is 5.24. The molecule has 2 aromatic heterocycles. The van der Waals surface area contributed by atoms with Crippen molar-refractivity contribution in [3.8, 4) is 0 Å². The Morgan fingerprint density at radius 2 is 1.62 bits per heavy atom. The molecule has 0 saturated carbocycles. The molecule has 1 saturated heterocycles. The van der Waals surface area contributed by atoms with Crippen LogP contribution in [0.4, 0.5) is 0 Å². The van der Waals surface area contributed by atoms with Crippen molar-refractivity contribution in [3.05, 3.63) is 84.2 Å². The van der Waals surface area contributed by atoms with Gasteiger partial charge in [-0.3, -0.25) is 9.59 Å². The predicted octanol–water partition coefficient (Wildman–Crippen LogP) is 3.49. The van der Waals surface area contributed by atoms with E-state index in [1.165, 1.54) is 5.56 Å². The van der Waals surface area contributed by atoms with Gasteiger partial charge in [-0.2, -0.15) is 0 Å². The zero-order valence-corrected chi connectivity index (χ0v) is 16.2. The highest BCUT2D eigenvalue weighted by Crippen LogP contribution is 2.23. The zero-order valence-electron chi connectivity index (χ0n) is 16.2. The highest BCUT2D eigenvalue weighted by molar-refractivity contribution is 5.89. The van der Waals surface area contributed by atoms with Crippen molar-refractivity contribution in [2.75, 3.05) is 13.1 Å². The van der Waals surface area contributed by atoms with E-state index in [0.29, 0.717) is 37.7 Å². The van der Waals surface area contributed by atoms with Crippen molar-refractivity contribution in [2.45, 2.75) is 25.9 Å². The van der Waals surface area contributed by atoms with Crippen molar-refractivity contribution in [1.82, 2.24) is 9.80 Å². The number of nitrogens with zero attached hydrogens (tertiary/aromatic N) is 2. The summed E-state index contributed by atoms with van der Waals surface area (Å²) in [5.74, 6) is 1.05. The summed E-state index contributed by atoms with van der Waals surface area (Å²) in [5, 5.41) is 0. The first-order valence-corrected chi connectivity index (χ1v) is 9.84. The van der Waals surface area contributed by atoms with E-state index in [-0.39, 0.29) is 24.2 Å². The van der Waals surface area contributed by atoms with Crippen LogP contribution in [0, 0.1) is 5.92 Å². The molecule has 1 atom stereocenters. The second-order valence-corrected chi connectivity index (χ2v) is 7.33. The lowest BCUT2D eigenvalue weighted by Crippen LogP contribution is -2.36. The van der Waals surface area contributed by atoms with E-state index in [0.717, 1.165) is 6.42 Å². The number of amides is 2. The molecule has 29 heavy (non-hydrogen) atoms. The fraction of sp³-hybridized carbons (Fsp3) is 0.304. The summed E-state index contributed by atoms with van der Waals surface area (Å²) in [6.07, 6.45) is 4.22. The van der Waals surface area contributed by atoms with Crippen molar-refractivity contribution in [1.29, 1.82) is 0 Å². The Morgan fingerprint density at radius 1 is 0.966 bits per heavy atom. The standard InChI is InChI=1S/C23H24N2O4/c26-22-14-19(15-24(22)11-10-18-6-2-1-3-7-18)23(27)25(16-20-8-4-12-28-20)17-21-9-5-13-29-21/h1-9,12-13,19H,10-11,14-17H2. The number of rotatable bonds is 8. The quantitative estimate of drug-likeness (QED) is 0.589. The van der Waals surface area contributed by atoms with Gasteiger partial charge in [0.15, 0.2) is 0 Å². The van der Waals surface area contributed by atoms with E-state index < -0.39 is 0 Å². The second-order valence-electron chi connectivity index (χ2n) is 7.33. The van der Waals surface area contributed by atoms with Crippen molar-refractivity contribution < 1.29 is 18.4 Å². The van der Waals surface area contributed by atoms with E-state index in [2.05, 4.69) is 12.1 Å². The predicted molar refractivity (Wildman–Crippen MR) is 107 cm³/mol. The number of hydrogen-bond acceptors (Lipinski definition) is 4. The smallest absolute Gasteiger partial charge is 0.228 e. The van der Waals surface area contributed by atoms with Crippen LogP contribution in [0.1, 0.15) is 23.5 Å². The van der Waals surface area contributed by atoms with Crippen LogP contribution in [-0.4, -0.2) is 34.7 Å². The van der Waals surface area contributed by atoms with Gasteiger partial charge in [-0.05, 0) is 36.2 Å². The Kier molecular flexibility index (Phi) is 5.79. The monoisotopic (exact) mass is 392 g/mol. The number of carbonyl (C=O) groups is 2. The summed E-state index contributed by atoms with van der Waals surface area (Å²) in [6.45, 7) is 1.78. The minimum atomic E-state index is -0.344. The molecule has 3 heterocycles. The van der Waals surface area contributed by atoms with Gasteiger partial charge >= 0.3 is 0 Å². The molecular formula is C23H24N2O4. The lowest BCUT2D eigenvalue weighted by atomic mass is 10.1. The number of carbonyl (C=O) groups excluding carboxylic acids is 2. The Labute approximate surface area is 169 Å². The fourth-order valence-electron chi connectivity index (χ4n) is 3.71. The van der Waals surface area contributed by atoms with Crippen LogP contribution < -0.4 is 0 Å².